The Morgan fingerprint density at radius 1 is 1.04 bits per heavy atom. The van der Waals surface area contributed by atoms with Crippen LogP contribution in [0.15, 0.2) is 60.7 Å². The number of hydrogen-bond acceptors (Lipinski definition) is 5. The Kier molecular flexibility index (Phi) is 4.56. The first-order valence-corrected chi connectivity index (χ1v) is 7.29. The molecular formula is C18H12FNO5. The summed E-state index contributed by atoms with van der Waals surface area (Å²) in [6, 6.07) is 15.6. The Morgan fingerprint density at radius 3 is 2.56 bits per heavy atom. The monoisotopic (exact) mass is 341 g/mol. The van der Waals surface area contributed by atoms with Gasteiger partial charge in [-0.05, 0) is 29.0 Å². The molecule has 0 radical (unpaired) electrons. The molecule has 0 saturated carbocycles. The molecule has 0 aliphatic carbocycles. The maximum absolute atomic E-state index is 13.2. The molecule has 0 bridgehead atoms. The number of carbonyl (C=O) groups is 1. The number of rotatable bonds is 5. The zero-order valence-corrected chi connectivity index (χ0v) is 12.8. The van der Waals surface area contributed by atoms with Crippen molar-refractivity contribution in [3.63, 3.8) is 0 Å². The van der Waals surface area contributed by atoms with Crippen LogP contribution in [-0.4, -0.2) is 17.5 Å². The van der Waals surface area contributed by atoms with Crippen molar-refractivity contribution in [3.05, 3.63) is 76.6 Å². The lowest BCUT2D eigenvalue weighted by Crippen LogP contribution is -2.18. The number of nitrogens with zero attached hydrogens (tertiary/aromatic N) is 1. The zero-order valence-electron chi connectivity index (χ0n) is 12.8. The average Bonchev–Trinajstić information content (AvgIpc) is 2.59. The van der Waals surface area contributed by atoms with E-state index in [1.807, 2.05) is 30.3 Å². The van der Waals surface area contributed by atoms with Gasteiger partial charge in [-0.2, -0.15) is 0 Å². The van der Waals surface area contributed by atoms with Crippen LogP contribution in [0.5, 0.6) is 11.5 Å². The van der Waals surface area contributed by atoms with E-state index in [4.69, 9.17) is 9.47 Å². The van der Waals surface area contributed by atoms with Crippen LogP contribution >= 0.6 is 0 Å². The predicted octanol–water partition coefficient (Wildman–Crippen LogP) is 3.87. The summed E-state index contributed by atoms with van der Waals surface area (Å²) in [6.45, 7) is -0.466. The quantitative estimate of drug-likeness (QED) is 0.305. The van der Waals surface area contributed by atoms with Crippen molar-refractivity contribution in [3.8, 4) is 11.5 Å². The second kappa shape index (κ2) is 6.96. The van der Waals surface area contributed by atoms with Gasteiger partial charge in [0.25, 0.3) is 0 Å². The Hall–Kier alpha value is -3.48. The van der Waals surface area contributed by atoms with Crippen LogP contribution in [0.25, 0.3) is 10.8 Å². The van der Waals surface area contributed by atoms with E-state index in [1.54, 1.807) is 12.1 Å². The molecule has 0 spiro atoms. The molecule has 0 atom stereocenters. The van der Waals surface area contributed by atoms with E-state index in [2.05, 4.69) is 0 Å². The van der Waals surface area contributed by atoms with Crippen LogP contribution in [0.3, 0.4) is 0 Å². The summed E-state index contributed by atoms with van der Waals surface area (Å²) in [6.07, 6.45) is 0. The topological polar surface area (TPSA) is 78.7 Å². The maximum atomic E-state index is 13.2. The minimum absolute atomic E-state index is 0.449. The van der Waals surface area contributed by atoms with Gasteiger partial charge >= 0.3 is 11.7 Å². The van der Waals surface area contributed by atoms with E-state index in [0.717, 1.165) is 29.0 Å². The van der Waals surface area contributed by atoms with Crippen molar-refractivity contribution < 1.29 is 23.6 Å². The molecule has 126 valence electrons. The number of benzene rings is 3. The molecule has 3 aromatic carbocycles. The summed E-state index contributed by atoms with van der Waals surface area (Å²) in [5.74, 6) is -1.63. The summed E-state index contributed by atoms with van der Waals surface area (Å²) < 4.78 is 23.4. The standard InChI is InChI=1S/C18H12FNO5/c19-14-6-8-16(20(22)23)17(10-14)25-18(21)11-24-15-7-5-12-3-1-2-4-13(12)9-15/h1-10H,11H2. The molecule has 25 heavy (non-hydrogen) atoms. The molecule has 3 rings (SSSR count). The fourth-order valence-electron chi connectivity index (χ4n) is 2.27. The molecule has 0 aliphatic rings. The van der Waals surface area contributed by atoms with Crippen LogP contribution in [0.2, 0.25) is 0 Å². The van der Waals surface area contributed by atoms with Gasteiger partial charge in [0.1, 0.15) is 11.6 Å². The summed E-state index contributed by atoms with van der Waals surface area (Å²) in [4.78, 5) is 22.0. The van der Waals surface area contributed by atoms with Crippen LogP contribution in [0.1, 0.15) is 0 Å². The Labute approximate surface area is 141 Å². The number of ether oxygens (including phenoxy) is 2. The highest BCUT2D eigenvalue weighted by Gasteiger charge is 2.19. The first kappa shape index (κ1) is 16.4. The van der Waals surface area contributed by atoms with Gasteiger partial charge in [0, 0.05) is 12.1 Å². The van der Waals surface area contributed by atoms with E-state index in [0.29, 0.717) is 5.75 Å². The second-order valence-corrected chi connectivity index (χ2v) is 5.14. The summed E-state index contributed by atoms with van der Waals surface area (Å²) in [5, 5.41) is 12.8. The molecule has 7 heteroatoms. The molecule has 0 amide bonds. The fourth-order valence-corrected chi connectivity index (χ4v) is 2.27. The largest absolute Gasteiger partial charge is 0.482 e. The van der Waals surface area contributed by atoms with Crippen molar-refractivity contribution >= 4 is 22.4 Å². The number of hydrogen-bond donors (Lipinski definition) is 0. The van der Waals surface area contributed by atoms with Crippen LogP contribution in [0.4, 0.5) is 10.1 Å². The predicted molar refractivity (Wildman–Crippen MR) is 88.1 cm³/mol. The average molecular weight is 341 g/mol. The van der Waals surface area contributed by atoms with E-state index in [-0.39, 0.29) is 0 Å². The molecule has 0 fully saturated rings. The molecule has 0 heterocycles. The third-order valence-corrected chi connectivity index (χ3v) is 3.42. The SMILES string of the molecule is O=C(COc1ccc2ccccc2c1)Oc1cc(F)ccc1[N+](=O)[O-]. The number of fused-ring (bicyclic) bond motifs is 1. The van der Waals surface area contributed by atoms with Gasteiger partial charge in [0.2, 0.25) is 5.75 Å². The van der Waals surface area contributed by atoms with Gasteiger partial charge in [-0.3, -0.25) is 10.1 Å². The normalized spacial score (nSPS) is 10.4. The van der Waals surface area contributed by atoms with Gasteiger partial charge < -0.3 is 9.47 Å². The molecule has 0 saturated heterocycles. The van der Waals surface area contributed by atoms with Gasteiger partial charge in [0.15, 0.2) is 6.61 Å². The minimum atomic E-state index is -0.873. The van der Waals surface area contributed by atoms with Crippen molar-refractivity contribution in [2.75, 3.05) is 6.61 Å². The fraction of sp³-hybridized carbons (Fsp3) is 0.0556. The van der Waals surface area contributed by atoms with Crippen molar-refractivity contribution in [2.45, 2.75) is 0 Å². The molecule has 0 aliphatic heterocycles. The molecule has 0 aromatic heterocycles. The van der Waals surface area contributed by atoms with E-state index < -0.39 is 34.8 Å². The van der Waals surface area contributed by atoms with E-state index >= 15 is 0 Å². The number of carbonyl (C=O) groups excluding carboxylic acids is 1. The lowest BCUT2D eigenvalue weighted by molar-refractivity contribution is -0.385. The summed E-state index contributed by atoms with van der Waals surface area (Å²) >= 11 is 0. The Balaban J connectivity index is 1.68. The number of esters is 1. The van der Waals surface area contributed by atoms with Crippen LogP contribution in [0, 0.1) is 15.9 Å². The third-order valence-electron chi connectivity index (χ3n) is 3.42. The van der Waals surface area contributed by atoms with Crippen molar-refractivity contribution in [1.29, 1.82) is 0 Å². The number of nitro groups is 1. The molecule has 0 N–H and O–H groups in total. The summed E-state index contributed by atoms with van der Waals surface area (Å²) in [5.41, 5.74) is -0.500. The van der Waals surface area contributed by atoms with Gasteiger partial charge in [0.05, 0.1) is 4.92 Å². The first-order chi connectivity index (χ1) is 12.0. The van der Waals surface area contributed by atoms with E-state index in [1.165, 1.54) is 0 Å². The molecular weight excluding hydrogens is 329 g/mol. The second-order valence-electron chi connectivity index (χ2n) is 5.14. The van der Waals surface area contributed by atoms with E-state index in [9.17, 15) is 19.3 Å². The highest BCUT2D eigenvalue weighted by atomic mass is 19.1. The molecule has 3 aromatic rings. The smallest absolute Gasteiger partial charge is 0.349 e. The van der Waals surface area contributed by atoms with Gasteiger partial charge in [-0.15, -0.1) is 0 Å². The van der Waals surface area contributed by atoms with Crippen LogP contribution < -0.4 is 9.47 Å². The van der Waals surface area contributed by atoms with Crippen molar-refractivity contribution in [1.82, 2.24) is 0 Å². The highest BCUT2D eigenvalue weighted by Crippen LogP contribution is 2.27. The molecule has 0 unspecified atom stereocenters. The minimum Gasteiger partial charge on any atom is -0.482 e. The summed E-state index contributed by atoms with van der Waals surface area (Å²) in [7, 11) is 0. The van der Waals surface area contributed by atoms with Crippen molar-refractivity contribution in [2.24, 2.45) is 0 Å². The van der Waals surface area contributed by atoms with Gasteiger partial charge in [-0.25, -0.2) is 9.18 Å². The number of nitro benzene ring substituents is 1. The lowest BCUT2D eigenvalue weighted by Gasteiger charge is -2.08. The Morgan fingerprint density at radius 2 is 1.80 bits per heavy atom. The highest BCUT2D eigenvalue weighted by molar-refractivity contribution is 5.84. The lowest BCUT2D eigenvalue weighted by atomic mass is 10.1. The third kappa shape index (κ3) is 3.89. The number of halogens is 1. The maximum Gasteiger partial charge on any atom is 0.349 e. The van der Waals surface area contributed by atoms with Crippen LogP contribution in [-0.2, 0) is 4.79 Å². The van der Waals surface area contributed by atoms with Gasteiger partial charge in [-0.1, -0.05) is 30.3 Å². The first-order valence-electron chi connectivity index (χ1n) is 7.29. The molecule has 6 nitrogen and oxygen atoms in total. The Bertz CT molecular complexity index is 957. The zero-order chi connectivity index (χ0) is 17.8.